The number of para-hydroxylation sites is 1. The SMILES string of the molecule is O=C(C1=C(O)C(=O)N(Cc2cccnc2)C1c1ccc(Br)cc1)c1cc2ccccc2o1. The molecule has 6 nitrogen and oxygen atoms in total. The third-order valence-electron chi connectivity index (χ3n) is 5.46. The van der Waals surface area contributed by atoms with Gasteiger partial charge in [0.25, 0.3) is 5.91 Å². The Labute approximate surface area is 191 Å². The number of ketones is 1. The van der Waals surface area contributed by atoms with Gasteiger partial charge in [0.2, 0.25) is 5.78 Å². The van der Waals surface area contributed by atoms with Crippen LogP contribution in [0.4, 0.5) is 0 Å². The molecule has 0 spiro atoms. The molecule has 1 N–H and O–H groups in total. The van der Waals surface area contributed by atoms with E-state index >= 15 is 0 Å². The van der Waals surface area contributed by atoms with Gasteiger partial charge in [0.15, 0.2) is 11.5 Å². The Balaban J connectivity index is 1.60. The molecule has 0 saturated carbocycles. The second kappa shape index (κ2) is 8.09. The zero-order chi connectivity index (χ0) is 22.2. The number of carbonyl (C=O) groups is 2. The predicted octanol–water partition coefficient (Wildman–Crippen LogP) is 5.37. The highest BCUT2D eigenvalue weighted by Crippen LogP contribution is 2.40. The monoisotopic (exact) mass is 488 g/mol. The van der Waals surface area contributed by atoms with E-state index in [1.807, 2.05) is 48.5 Å². The normalized spacial score (nSPS) is 16.2. The zero-order valence-corrected chi connectivity index (χ0v) is 18.3. The molecular formula is C25H17BrN2O4. The third kappa shape index (κ3) is 3.50. The van der Waals surface area contributed by atoms with Crippen LogP contribution in [0.2, 0.25) is 0 Å². The molecule has 1 unspecified atom stereocenters. The first-order chi connectivity index (χ1) is 15.5. The lowest BCUT2D eigenvalue weighted by Gasteiger charge is -2.26. The van der Waals surface area contributed by atoms with Gasteiger partial charge in [-0.05, 0) is 41.5 Å². The van der Waals surface area contributed by atoms with Crippen LogP contribution in [0, 0.1) is 0 Å². The fourth-order valence-electron chi connectivity index (χ4n) is 3.96. The fraction of sp³-hybridized carbons (Fsp3) is 0.0800. The molecule has 1 aliphatic heterocycles. The Morgan fingerprint density at radius 3 is 2.59 bits per heavy atom. The number of hydrogen-bond acceptors (Lipinski definition) is 5. The van der Waals surface area contributed by atoms with E-state index in [0.717, 1.165) is 15.4 Å². The number of hydrogen-bond donors (Lipinski definition) is 1. The van der Waals surface area contributed by atoms with E-state index in [1.54, 1.807) is 30.6 Å². The Morgan fingerprint density at radius 1 is 1.09 bits per heavy atom. The van der Waals surface area contributed by atoms with Gasteiger partial charge in [-0.3, -0.25) is 14.6 Å². The molecule has 0 saturated heterocycles. The average molecular weight is 489 g/mol. The van der Waals surface area contributed by atoms with Crippen molar-refractivity contribution in [3.8, 4) is 0 Å². The molecule has 2 aromatic carbocycles. The minimum atomic E-state index is -0.767. The summed E-state index contributed by atoms with van der Waals surface area (Å²) in [7, 11) is 0. The number of benzene rings is 2. The molecule has 1 aliphatic rings. The Bertz CT molecular complexity index is 1330. The Hall–Kier alpha value is -3.71. The first kappa shape index (κ1) is 20.2. The highest BCUT2D eigenvalue weighted by atomic mass is 79.9. The second-order valence-corrected chi connectivity index (χ2v) is 8.40. The molecule has 4 aromatic rings. The molecule has 7 heteroatoms. The van der Waals surface area contributed by atoms with Gasteiger partial charge in [0.1, 0.15) is 5.58 Å². The molecule has 3 heterocycles. The zero-order valence-electron chi connectivity index (χ0n) is 16.7. The first-order valence-electron chi connectivity index (χ1n) is 9.94. The van der Waals surface area contributed by atoms with Gasteiger partial charge < -0.3 is 14.4 Å². The van der Waals surface area contributed by atoms with Crippen LogP contribution in [0.15, 0.2) is 99.3 Å². The van der Waals surface area contributed by atoms with Gasteiger partial charge in [-0.25, -0.2) is 0 Å². The van der Waals surface area contributed by atoms with E-state index in [-0.39, 0.29) is 17.9 Å². The van der Waals surface area contributed by atoms with E-state index in [1.165, 1.54) is 4.90 Å². The highest BCUT2D eigenvalue weighted by Gasteiger charge is 2.44. The van der Waals surface area contributed by atoms with Crippen molar-refractivity contribution in [3.63, 3.8) is 0 Å². The van der Waals surface area contributed by atoms with Crippen LogP contribution in [-0.2, 0) is 11.3 Å². The number of aliphatic hydroxyl groups is 1. The maximum Gasteiger partial charge on any atom is 0.290 e. The lowest BCUT2D eigenvalue weighted by molar-refractivity contribution is -0.130. The van der Waals surface area contributed by atoms with Crippen molar-refractivity contribution in [2.24, 2.45) is 0 Å². The van der Waals surface area contributed by atoms with E-state index in [0.29, 0.717) is 11.1 Å². The lowest BCUT2D eigenvalue weighted by atomic mass is 9.95. The van der Waals surface area contributed by atoms with Crippen LogP contribution in [0.5, 0.6) is 0 Å². The van der Waals surface area contributed by atoms with Crippen molar-refractivity contribution in [1.82, 2.24) is 9.88 Å². The second-order valence-electron chi connectivity index (χ2n) is 7.49. The molecule has 0 bridgehead atoms. The van der Waals surface area contributed by atoms with Crippen LogP contribution >= 0.6 is 15.9 Å². The van der Waals surface area contributed by atoms with Crippen molar-refractivity contribution in [2.45, 2.75) is 12.6 Å². The topological polar surface area (TPSA) is 83.6 Å². The summed E-state index contributed by atoms with van der Waals surface area (Å²) in [6.45, 7) is 0.189. The number of pyridine rings is 1. The average Bonchev–Trinajstić information content (AvgIpc) is 3.35. The molecule has 158 valence electrons. The number of rotatable bonds is 5. The largest absolute Gasteiger partial charge is 0.503 e. The maximum absolute atomic E-state index is 13.5. The molecule has 32 heavy (non-hydrogen) atoms. The van der Waals surface area contributed by atoms with Crippen LogP contribution in [-0.4, -0.2) is 26.7 Å². The maximum atomic E-state index is 13.5. The number of furan rings is 1. The molecule has 1 atom stereocenters. The fourth-order valence-corrected chi connectivity index (χ4v) is 4.22. The standard InChI is InChI=1S/C25H17BrN2O4/c26-18-9-7-16(8-10-18)22-21(23(29)20-12-17-5-1-2-6-19(17)32-20)24(30)25(31)28(22)14-15-4-3-11-27-13-15/h1-13,22,30H,14H2. The lowest BCUT2D eigenvalue weighted by Crippen LogP contribution is -2.30. The third-order valence-corrected chi connectivity index (χ3v) is 5.99. The summed E-state index contributed by atoms with van der Waals surface area (Å²) >= 11 is 3.41. The Morgan fingerprint density at radius 2 is 1.88 bits per heavy atom. The minimum absolute atomic E-state index is 0.000249. The predicted molar refractivity (Wildman–Crippen MR) is 122 cm³/mol. The van der Waals surface area contributed by atoms with Crippen molar-refractivity contribution in [1.29, 1.82) is 0 Å². The minimum Gasteiger partial charge on any atom is -0.503 e. The van der Waals surface area contributed by atoms with Crippen LogP contribution < -0.4 is 0 Å². The van der Waals surface area contributed by atoms with Crippen molar-refractivity contribution in [2.75, 3.05) is 0 Å². The molecule has 1 amide bonds. The number of aromatic nitrogens is 1. The number of nitrogens with zero attached hydrogens (tertiary/aromatic N) is 2. The van der Waals surface area contributed by atoms with Gasteiger partial charge >= 0.3 is 0 Å². The summed E-state index contributed by atoms with van der Waals surface area (Å²) in [6.07, 6.45) is 3.30. The molecule has 0 radical (unpaired) electrons. The highest BCUT2D eigenvalue weighted by molar-refractivity contribution is 9.10. The van der Waals surface area contributed by atoms with Gasteiger partial charge in [-0.2, -0.15) is 0 Å². The molecule has 0 fully saturated rings. The number of carbonyl (C=O) groups excluding carboxylic acids is 2. The number of aliphatic hydroxyl groups excluding tert-OH is 1. The van der Waals surface area contributed by atoms with E-state index < -0.39 is 23.5 Å². The molecule has 5 rings (SSSR count). The first-order valence-corrected chi connectivity index (χ1v) is 10.7. The number of amides is 1. The van der Waals surface area contributed by atoms with Crippen LogP contribution in [0.1, 0.15) is 27.7 Å². The van der Waals surface area contributed by atoms with Crippen LogP contribution in [0.3, 0.4) is 0 Å². The van der Waals surface area contributed by atoms with Gasteiger partial charge in [0, 0.05) is 28.8 Å². The van der Waals surface area contributed by atoms with E-state index in [9.17, 15) is 14.7 Å². The summed E-state index contributed by atoms with van der Waals surface area (Å²) in [4.78, 5) is 32.2. The van der Waals surface area contributed by atoms with Gasteiger partial charge in [0.05, 0.1) is 11.6 Å². The van der Waals surface area contributed by atoms with Crippen LogP contribution in [0.25, 0.3) is 11.0 Å². The molecular weight excluding hydrogens is 472 g/mol. The summed E-state index contributed by atoms with van der Waals surface area (Å²) < 4.78 is 6.60. The summed E-state index contributed by atoms with van der Waals surface area (Å²) in [6, 6.07) is 19.1. The van der Waals surface area contributed by atoms with Crippen molar-refractivity contribution >= 4 is 38.6 Å². The number of fused-ring (bicyclic) bond motifs is 1. The molecule has 2 aromatic heterocycles. The van der Waals surface area contributed by atoms with E-state index in [4.69, 9.17) is 4.42 Å². The van der Waals surface area contributed by atoms with Crippen molar-refractivity contribution in [3.05, 3.63) is 112 Å². The smallest absolute Gasteiger partial charge is 0.290 e. The van der Waals surface area contributed by atoms with Crippen molar-refractivity contribution < 1.29 is 19.1 Å². The van der Waals surface area contributed by atoms with Gasteiger partial charge in [-0.1, -0.05) is 52.3 Å². The number of Topliss-reactive ketones (excluding diaryl/α,β-unsaturated/α-hetero) is 1. The number of halogens is 1. The summed E-state index contributed by atoms with van der Waals surface area (Å²) in [5.74, 6) is -1.62. The van der Waals surface area contributed by atoms with Gasteiger partial charge in [-0.15, -0.1) is 0 Å². The molecule has 0 aliphatic carbocycles. The van der Waals surface area contributed by atoms with E-state index in [2.05, 4.69) is 20.9 Å². The summed E-state index contributed by atoms with van der Waals surface area (Å²) in [5, 5.41) is 11.6. The summed E-state index contributed by atoms with van der Waals surface area (Å²) in [5.41, 5.74) is 2.05. The quantitative estimate of drug-likeness (QED) is 0.381. The Kier molecular flexibility index (Phi) is 5.11.